The average Bonchev–Trinajstić information content (AvgIpc) is 2.57. The largest absolute Gasteiger partial charge is 0.254 e. The van der Waals surface area contributed by atoms with Crippen LogP contribution < -0.4 is 0 Å². The molecule has 0 saturated heterocycles. The highest BCUT2D eigenvalue weighted by atomic mass is 32.1. The van der Waals surface area contributed by atoms with Crippen molar-refractivity contribution < 1.29 is 8.78 Å². The van der Waals surface area contributed by atoms with Gasteiger partial charge in [0.05, 0.1) is 5.71 Å². The zero-order chi connectivity index (χ0) is 15.5. The first-order valence-electron chi connectivity index (χ1n) is 7.05. The molecule has 0 amide bonds. The smallest absolute Gasteiger partial charge is 0.159 e. The summed E-state index contributed by atoms with van der Waals surface area (Å²) in [6.07, 6.45) is 1.79. The summed E-state index contributed by atoms with van der Waals surface area (Å²) in [4.78, 5) is 0.409. The Bertz CT molecular complexity index is 729. The molecule has 1 heterocycles. The topological polar surface area (TPSA) is 15.6 Å². The van der Waals surface area contributed by atoms with E-state index < -0.39 is 11.6 Å². The average molecular weight is 316 g/mol. The van der Waals surface area contributed by atoms with Crippen LogP contribution in [0.15, 0.2) is 53.6 Å². The Balaban J connectivity index is 1.87. The van der Waals surface area contributed by atoms with Crippen LogP contribution in [0, 0.1) is 11.6 Å². The lowest BCUT2D eigenvalue weighted by molar-refractivity contribution is 0.425. The van der Waals surface area contributed by atoms with Crippen LogP contribution >= 0.6 is 12.2 Å². The molecule has 22 heavy (non-hydrogen) atoms. The fraction of sp³-hybridized carbons (Fsp3) is 0.176. The quantitative estimate of drug-likeness (QED) is 0.774. The zero-order valence-corrected chi connectivity index (χ0v) is 12.6. The molecule has 0 aliphatic carbocycles. The van der Waals surface area contributed by atoms with Gasteiger partial charge in [-0.3, -0.25) is 5.01 Å². The highest BCUT2D eigenvalue weighted by Crippen LogP contribution is 2.18. The number of benzene rings is 2. The van der Waals surface area contributed by atoms with Gasteiger partial charge in [-0.25, -0.2) is 8.78 Å². The first-order valence-corrected chi connectivity index (χ1v) is 7.46. The van der Waals surface area contributed by atoms with Crippen molar-refractivity contribution in [2.75, 3.05) is 6.54 Å². The van der Waals surface area contributed by atoms with E-state index in [0.29, 0.717) is 17.1 Å². The summed E-state index contributed by atoms with van der Waals surface area (Å²) in [7, 11) is 0. The van der Waals surface area contributed by atoms with Gasteiger partial charge in [0, 0.05) is 12.1 Å². The fourth-order valence-electron chi connectivity index (χ4n) is 2.40. The van der Waals surface area contributed by atoms with Crippen LogP contribution in [0.4, 0.5) is 8.78 Å². The third-order valence-electron chi connectivity index (χ3n) is 3.53. The highest BCUT2D eigenvalue weighted by molar-refractivity contribution is 7.80. The van der Waals surface area contributed by atoms with Gasteiger partial charge in [-0.1, -0.05) is 42.5 Å². The molecule has 0 aromatic heterocycles. The fourth-order valence-corrected chi connectivity index (χ4v) is 2.66. The normalized spacial score (nSPS) is 14.6. The Hall–Kier alpha value is -2.14. The number of hydrogen-bond donors (Lipinski definition) is 0. The van der Waals surface area contributed by atoms with Crippen LogP contribution in [0.25, 0.3) is 0 Å². The van der Waals surface area contributed by atoms with Gasteiger partial charge in [0.15, 0.2) is 11.6 Å². The van der Waals surface area contributed by atoms with E-state index in [1.54, 1.807) is 5.01 Å². The van der Waals surface area contributed by atoms with Crippen LogP contribution in [0.5, 0.6) is 0 Å². The van der Waals surface area contributed by atoms with Gasteiger partial charge in [-0.15, -0.1) is 0 Å². The summed E-state index contributed by atoms with van der Waals surface area (Å²) in [6.45, 7) is 0.675. The SMILES string of the molecule is Fc1ccc(C(=S)N2CCCC(c3ccccc3)=N2)cc1F. The third-order valence-corrected chi connectivity index (χ3v) is 3.98. The van der Waals surface area contributed by atoms with Crippen molar-refractivity contribution in [2.45, 2.75) is 12.8 Å². The van der Waals surface area contributed by atoms with Crippen molar-refractivity contribution in [1.82, 2.24) is 5.01 Å². The van der Waals surface area contributed by atoms with E-state index in [1.807, 2.05) is 30.3 Å². The van der Waals surface area contributed by atoms with Crippen molar-refractivity contribution in [3.05, 3.63) is 71.3 Å². The minimum atomic E-state index is -0.899. The number of nitrogens with zero attached hydrogens (tertiary/aromatic N) is 2. The molecule has 0 saturated carbocycles. The van der Waals surface area contributed by atoms with Crippen LogP contribution in [0.2, 0.25) is 0 Å². The first-order chi connectivity index (χ1) is 10.6. The lowest BCUT2D eigenvalue weighted by atomic mass is 10.0. The molecule has 0 atom stereocenters. The highest BCUT2D eigenvalue weighted by Gasteiger charge is 2.18. The molecule has 0 radical (unpaired) electrons. The lowest BCUT2D eigenvalue weighted by Crippen LogP contribution is -2.31. The van der Waals surface area contributed by atoms with Crippen LogP contribution in [0.1, 0.15) is 24.0 Å². The predicted octanol–water partition coefficient (Wildman–Crippen LogP) is 4.14. The molecule has 0 fully saturated rings. The minimum Gasteiger partial charge on any atom is -0.254 e. The second kappa shape index (κ2) is 6.32. The van der Waals surface area contributed by atoms with Gasteiger partial charge in [-0.05, 0) is 36.6 Å². The molecule has 5 heteroatoms. The number of hydrogen-bond acceptors (Lipinski definition) is 2. The Labute approximate surface area is 133 Å². The molecular weight excluding hydrogens is 302 g/mol. The van der Waals surface area contributed by atoms with Gasteiger partial charge >= 0.3 is 0 Å². The van der Waals surface area contributed by atoms with Gasteiger partial charge < -0.3 is 0 Å². The molecule has 0 N–H and O–H groups in total. The standard InChI is InChI=1S/C17H14F2N2S/c18-14-9-8-13(11-15(14)19)17(22)21-10-4-7-16(20-21)12-5-2-1-3-6-12/h1-3,5-6,8-9,11H,4,7,10H2. The number of thiocarbonyl (C=S) groups is 1. The zero-order valence-electron chi connectivity index (χ0n) is 11.8. The molecule has 3 rings (SSSR count). The van der Waals surface area contributed by atoms with Gasteiger partial charge in [0.2, 0.25) is 0 Å². The number of halogens is 2. The van der Waals surface area contributed by atoms with Crippen molar-refractivity contribution in [1.29, 1.82) is 0 Å². The first kappa shape index (κ1) is 14.8. The maximum atomic E-state index is 13.4. The van der Waals surface area contributed by atoms with Crippen LogP contribution in [-0.4, -0.2) is 22.3 Å². The Morgan fingerprint density at radius 2 is 1.82 bits per heavy atom. The van der Waals surface area contributed by atoms with Crippen LogP contribution in [-0.2, 0) is 0 Å². The Kier molecular flexibility index (Phi) is 4.24. The van der Waals surface area contributed by atoms with E-state index in [-0.39, 0.29) is 0 Å². The summed E-state index contributed by atoms with van der Waals surface area (Å²) < 4.78 is 26.4. The molecule has 0 bridgehead atoms. The molecule has 2 aromatic rings. The molecule has 112 valence electrons. The van der Waals surface area contributed by atoms with Crippen molar-refractivity contribution >= 4 is 22.9 Å². The third kappa shape index (κ3) is 3.04. The molecule has 0 unspecified atom stereocenters. The van der Waals surface area contributed by atoms with E-state index in [2.05, 4.69) is 5.10 Å². The second-order valence-electron chi connectivity index (χ2n) is 5.07. The maximum absolute atomic E-state index is 13.4. The summed E-state index contributed by atoms with van der Waals surface area (Å²) >= 11 is 5.38. The Morgan fingerprint density at radius 1 is 1.05 bits per heavy atom. The second-order valence-corrected chi connectivity index (χ2v) is 5.46. The maximum Gasteiger partial charge on any atom is 0.159 e. The van der Waals surface area contributed by atoms with Gasteiger partial charge in [-0.2, -0.15) is 5.10 Å². The number of hydrazone groups is 1. The van der Waals surface area contributed by atoms with Crippen LogP contribution in [0.3, 0.4) is 0 Å². The van der Waals surface area contributed by atoms with Crippen molar-refractivity contribution in [2.24, 2.45) is 5.10 Å². The van der Waals surface area contributed by atoms with Gasteiger partial charge in [0.1, 0.15) is 4.99 Å². The van der Waals surface area contributed by atoms with E-state index in [1.165, 1.54) is 6.07 Å². The summed E-state index contributed by atoms with van der Waals surface area (Å²) in [5.41, 5.74) is 2.48. The summed E-state index contributed by atoms with van der Waals surface area (Å²) in [5, 5.41) is 6.26. The predicted molar refractivity (Wildman–Crippen MR) is 87.0 cm³/mol. The van der Waals surface area contributed by atoms with Gasteiger partial charge in [0.25, 0.3) is 0 Å². The summed E-state index contributed by atoms with van der Waals surface area (Å²) in [6, 6.07) is 13.6. The molecule has 2 nitrogen and oxygen atoms in total. The van der Waals surface area contributed by atoms with E-state index >= 15 is 0 Å². The molecular formula is C17H14F2N2S. The minimum absolute atomic E-state index is 0.409. The van der Waals surface area contributed by atoms with E-state index in [0.717, 1.165) is 36.2 Å². The van der Waals surface area contributed by atoms with E-state index in [9.17, 15) is 8.78 Å². The Morgan fingerprint density at radius 3 is 2.55 bits per heavy atom. The molecule has 1 aliphatic heterocycles. The van der Waals surface area contributed by atoms with Crippen molar-refractivity contribution in [3.8, 4) is 0 Å². The molecule has 0 spiro atoms. The molecule has 2 aromatic carbocycles. The van der Waals surface area contributed by atoms with Crippen molar-refractivity contribution in [3.63, 3.8) is 0 Å². The summed E-state index contributed by atoms with van der Waals surface area (Å²) in [5.74, 6) is -1.78. The number of rotatable bonds is 2. The molecule has 1 aliphatic rings. The van der Waals surface area contributed by atoms with E-state index in [4.69, 9.17) is 12.2 Å². The lowest BCUT2D eigenvalue weighted by Gasteiger charge is -2.26. The monoisotopic (exact) mass is 316 g/mol.